The number of carbonyl (C=O) groups excluding carboxylic acids is 3. The molecule has 3 aliphatic carbocycles. The highest BCUT2D eigenvalue weighted by Crippen LogP contribution is 2.65. The number of urea groups is 1. The summed E-state index contributed by atoms with van der Waals surface area (Å²) in [6.07, 6.45) is 10.0. The van der Waals surface area contributed by atoms with Gasteiger partial charge in [0.15, 0.2) is 0 Å². The number of imide groups is 1. The van der Waals surface area contributed by atoms with E-state index in [-0.39, 0.29) is 52.7 Å². The molecule has 1 aliphatic heterocycles. The van der Waals surface area contributed by atoms with Crippen molar-refractivity contribution in [2.75, 3.05) is 0 Å². The van der Waals surface area contributed by atoms with Crippen molar-refractivity contribution in [3.63, 3.8) is 0 Å². The predicted octanol–water partition coefficient (Wildman–Crippen LogP) is 4.25. The lowest BCUT2D eigenvalue weighted by Crippen LogP contribution is -2.60. The number of hydrogen-bond donors (Lipinski definition) is 2. The molecule has 6 nitrogen and oxygen atoms in total. The van der Waals surface area contributed by atoms with Crippen LogP contribution in [0.25, 0.3) is 0 Å². The number of fused-ring (bicyclic) bond motifs is 5. The summed E-state index contributed by atoms with van der Waals surface area (Å²) in [6.45, 7) is 12.3. The van der Waals surface area contributed by atoms with Crippen LogP contribution in [0.2, 0.25) is 0 Å². The second-order valence-corrected chi connectivity index (χ2v) is 11.8. The van der Waals surface area contributed by atoms with E-state index >= 15 is 0 Å². The zero-order valence-electron chi connectivity index (χ0n) is 20.6. The highest BCUT2D eigenvalue weighted by Gasteiger charge is 2.61. The minimum atomic E-state index is -0.267. The van der Waals surface area contributed by atoms with Gasteiger partial charge in [-0.15, -0.1) is 0 Å². The zero-order valence-corrected chi connectivity index (χ0v) is 20.6. The van der Waals surface area contributed by atoms with E-state index < -0.39 is 0 Å². The van der Waals surface area contributed by atoms with E-state index in [0.29, 0.717) is 17.8 Å². The van der Waals surface area contributed by atoms with Crippen LogP contribution in [0.1, 0.15) is 80.1 Å². The normalized spacial score (nSPS) is 40.4. The van der Waals surface area contributed by atoms with Crippen LogP contribution in [0.4, 0.5) is 4.79 Å². The van der Waals surface area contributed by atoms with Crippen LogP contribution in [0.3, 0.4) is 0 Å². The summed E-state index contributed by atoms with van der Waals surface area (Å²) in [5.74, 6) is 1.56. The Kier molecular flexibility index (Phi) is 5.96. The smallest absolute Gasteiger partial charge is 0.324 e. The summed E-state index contributed by atoms with van der Waals surface area (Å²) in [4.78, 5) is 40.0. The van der Waals surface area contributed by atoms with E-state index in [4.69, 9.17) is 0 Å². The molecule has 4 rings (SSSR count). The fourth-order valence-electron chi connectivity index (χ4n) is 7.81. The predicted molar refractivity (Wildman–Crippen MR) is 125 cm³/mol. The molecule has 4 aliphatic rings. The van der Waals surface area contributed by atoms with Crippen LogP contribution in [-0.2, 0) is 9.59 Å². The number of rotatable bonds is 3. The first-order chi connectivity index (χ1) is 15.0. The summed E-state index contributed by atoms with van der Waals surface area (Å²) in [5, 5.41) is 6.13. The van der Waals surface area contributed by atoms with Crippen molar-refractivity contribution in [3.8, 4) is 0 Å². The Hall–Kier alpha value is -1.85. The van der Waals surface area contributed by atoms with Crippen LogP contribution in [0.5, 0.6) is 0 Å². The lowest BCUT2D eigenvalue weighted by Gasteiger charge is -2.58. The first kappa shape index (κ1) is 23.3. The average Bonchev–Trinajstić information content (AvgIpc) is 3.05. The number of carbonyl (C=O) groups is 3. The number of amides is 4. The van der Waals surface area contributed by atoms with Crippen LogP contribution in [-0.4, -0.2) is 40.9 Å². The molecule has 3 fully saturated rings. The molecule has 0 bridgehead atoms. The van der Waals surface area contributed by atoms with Crippen molar-refractivity contribution in [2.24, 2.45) is 34.5 Å². The molecule has 7 atom stereocenters. The van der Waals surface area contributed by atoms with Gasteiger partial charge in [-0.2, -0.15) is 0 Å². The second-order valence-electron chi connectivity index (χ2n) is 11.8. The fraction of sp³-hybridized carbons (Fsp3) is 0.808. The van der Waals surface area contributed by atoms with Gasteiger partial charge in [0.25, 0.3) is 0 Å². The van der Waals surface area contributed by atoms with Crippen molar-refractivity contribution < 1.29 is 14.4 Å². The number of hydrogen-bond acceptors (Lipinski definition) is 3. The Morgan fingerprint density at radius 3 is 2.44 bits per heavy atom. The second kappa shape index (κ2) is 8.18. The first-order valence-corrected chi connectivity index (χ1v) is 12.6. The zero-order chi connectivity index (χ0) is 23.4. The molecule has 2 N–H and O–H groups in total. The van der Waals surface area contributed by atoms with Crippen molar-refractivity contribution in [2.45, 2.75) is 98.2 Å². The maximum atomic E-state index is 13.8. The van der Waals surface area contributed by atoms with Crippen LogP contribution in [0, 0.1) is 34.5 Å². The van der Waals surface area contributed by atoms with Crippen LogP contribution >= 0.6 is 0 Å². The third kappa shape index (κ3) is 3.58. The average molecular weight is 444 g/mol. The third-order valence-corrected chi connectivity index (χ3v) is 9.37. The molecule has 3 saturated carbocycles. The van der Waals surface area contributed by atoms with Crippen molar-refractivity contribution in [1.82, 2.24) is 15.5 Å². The maximum Gasteiger partial charge on any atom is 0.324 e. The molecule has 0 aromatic carbocycles. The van der Waals surface area contributed by atoms with Gasteiger partial charge in [-0.05, 0) is 95.5 Å². The molecule has 4 unspecified atom stereocenters. The van der Waals surface area contributed by atoms with E-state index in [1.807, 2.05) is 27.7 Å². The molecule has 32 heavy (non-hydrogen) atoms. The largest absolute Gasteiger partial charge is 0.349 e. The monoisotopic (exact) mass is 443 g/mol. The summed E-state index contributed by atoms with van der Waals surface area (Å²) >= 11 is 0. The molecule has 0 radical (unpaired) electrons. The topological polar surface area (TPSA) is 78.5 Å². The van der Waals surface area contributed by atoms with Gasteiger partial charge in [-0.1, -0.05) is 19.9 Å². The molecule has 0 aromatic rings. The molecular formula is C26H41N3O3. The van der Waals surface area contributed by atoms with Gasteiger partial charge in [0.1, 0.15) is 0 Å². The Balaban J connectivity index is 1.57. The van der Waals surface area contributed by atoms with E-state index in [1.54, 1.807) is 6.08 Å². The molecule has 4 amide bonds. The van der Waals surface area contributed by atoms with Crippen LogP contribution < -0.4 is 10.6 Å². The molecule has 0 spiro atoms. The van der Waals surface area contributed by atoms with Gasteiger partial charge in [-0.3, -0.25) is 14.5 Å². The highest BCUT2D eigenvalue weighted by molar-refractivity contribution is 5.96. The molecule has 6 heteroatoms. The maximum absolute atomic E-state index is 13.8. The van der Waals surface area contributed by atoms with Crippen LogP contribution in [0.15, 0.2) is 12.2 Å². The van der Waals surface area contributed by atoms with Gasteiger partial charge in [0.05, 0.1) is 0 Å². The molecule has 1 heterocycles. The van der Waals surface area contributed by atoms with Gasteiger partial charge >= 0.3 is 6.03 Å². The van der Waals surface area contributed by atoms with E-state index in [0.717, 1.165) is 38.5 Å². The lowest BCUT2D eigenvalue weighted by molar-refractivity contribution is -0.142. The van der Waals surface area contributed by atoms with E-state index in [2.05, 4.69) is 30.6 Å². The highest BCUT2D eigenvalue weighted by atomic mass is 16.2. The summed E-state index contributed by atoms with van der Waals surface area (Å²) < 4.78 is 0. The minimum Gasteiger partial charge on any atom is -0.349 e. The first-order valence-electron chi connectivity index (χ1n) is 12.6. The molecular weight excluding hydrogens is 402 g/mol. The quantitative estimate of drug-likeness (QED) is 0.684. The summed E-state index contributed by atoms with van der Waals surface area (Å²) in [5.41, 5.74) is -0.0598. The third-order valence-electron chi connectivity index (χ3n) is 9.37. The Morgan fingerprint density at radius 2 is 1.78 bits per heavy atom. The Labute approximate surface area is 192 Å². The fourth-order valence-corrected chi connectivity index (χ4v) is 7.81. The SMILES string of the molecule is CC(C)NC(=O)N(C(=O)C1CCC2C3CC[C@H]4NC(=O)C=C[C@]4(C)C3CC[C@]12C)C(C)C. The minimum absolute atomic E-state index is 0.00105. The molecule has 0 aromatic heterocycles. The van der Waals surface area contributed by atoms with Crippen molar-refractivity contribution >= 4 is 17.8 Å². The Bertz CT molecular complexity index is 821. The van der Waals surface area contributed by atoms with Crippen molar-refractivity contribution in [3.05, 3.63) is 12.2 Å². The summed E-state index contributed by atoms with van der Waals surface area (Å²) in [6, 6.07) is -0.207. The van der Waals surface area contributed by atoms with Gasteiger partial charge in [0, 0.05) is 29.5 Å². The number of nitrogens with one attached hydrogen (secondary N) is 2. The van der Waals surface area contributed by atoms with Gasteiger partial charge in [-0.25, -0.2) is 4.79 Å². The van der Waals surface area contributed by atoms with E-state index in [1.165, 1.54) is 4.90 Å². The lowest BCUT2D eigenvalue weighted by atomic mass is 9.48. The number of nitrogens with zero attached hydrogens (tertiary/aromatic N) is 1. The van der Waals surface area contributed by atoms with Gasteiger partial charge in [0.2, 0.25) is 11.8 Å². The standard InChI is InChI=1S/C26H41N3O3/c1-15(2)27-24(32)29(16(3)4)23(31)20-9-8-18-17-7-10-21-26(6,14-12-22(30)28-21)19(17)11-13-25(18,20)5/h12,14-21H,7-11,13H2,1-6H3,(H,27,32)(H,28,30)/t17?,18?,19?,20?,21-,25+,26-/m1/s1. The molecule has 0 saturated heterocycles. The van der Waals surface area contributed by atoms with Crippen molar-refractivity contribution in [1.29, 1.82) is 0 Å². The summed E-state index contributed by atoms with van der Waals surface area (Å²) in [7, 11) is 0. The van der Waals surface area contributed by atoms with E-state index in [9.17, 15) is 14.4 Å². The Morgan fingerprint density at radius 1 is 1.06 bits per heavy atom. The molecule has 178 valence electrons. The van der Waals surface area contributed by atoms with Gasteiger partial charge < -0.3 is 10.6 Å².